The van der Waals surface area contributed by atoms with Gasteiger partial charge in [0, 0.05) is 10.0 Å². The van der Waals surface area contributed by atoms with Gasteiger partial charge in [-0.25, -0.2) is 0 Å². The van der Waals surface area contributed by atoms with E-state index in [0.717, 1.165) is 51.0 Å². The SMILES string of the molecule is COc1ccc(C[NH+](C)Cc2c(O)ccc3cc(Br)ccc23)cc1OC. The number of phenols is 1. The Bertz CT molecular complexity index is 927. The van der Waals surface area contributed by atoms with E-state index in [1.807, 2.05) is 30.3 Å². The van der Waals surface area contributed by atoms with Crippen molar-refractivity contribution in [2.75, 3.05) is 21.3 Å². The van der Waals surface area contributed by atoms with Crippen molar-refractivity contribution in [2.45, 2.75) is 13.1 Å². The minimum atomic E-state index is 0.339. The molecule has 0 aliphatic heterocycles. The zero-order valence-electron chi connectivity index (χ0n) is 15.2. The zero-order valence-corrected chi connectivity index (χ0v) is 16.8. The lowest BCUT2D eigenvalue weighted by Gasteiger charge is -2.17. The minimum absolute atomic E-state index is 0.339. The summed E-state index contributed by atoms with van der Waals surface area (Å²) in [4.78, 5) is 1.27. The van der Waals surface area contributed by atoms with Crippen molar-refractivity contribution < 1.29 is 19.5 Å². The van der Waals surface area contributed by atoms with Crippen molar-refractivity contribution in [3.05, 3.63) is 64.1 Å². The zero-order chi connectivity index (χ0) is 18.7. The van der Waals surface area contributed by atoms with E-state index in [2.05, 4.69) is 35.1 Å². The molecule has 26 heavy (non-hydrogen) atoms. The van der Waals surface area contributed by atoms with Crippen molar-refractivity contribution in [1.29, 1.82) is 0 Å². The van der Waals surface area contributed by atoms with Gasteiger partial charge in [0.2, 0.25) is 0 Å². The lowest BCUT2D eigenvalue weighted by Crippen LogP contribution is -3.06. The molecule has 1 unspecified atom stereocenters. The van der Waals surface area contributed by atoms with Crippen molar-refractivity contribution in [2.24, 2.45) is 0 Å². The molecular weight excluding hydrogens is 394 g/mol. The van der Waals surface area contributed by atoms with Crippen LogP contribution < -0.4 is 14.4 Å². The predicted octanol–water partition coefficient (Wildman–Crippen LogP) is 3.54. The number of halogens is 1. The van der Waals surface area contributed by atoms with Gasteiger partial charge in [-0.15, -0.1) is 0 Å². The third-order valence-electron chi connectivity index (χ3n) is 4.50. The first-order chi connectivity index (χ1) is 12.5. The summed E-state index contributed by atoms with van der Waals surface area (Å²) in [6.45, 7) is 1.53. The Kier molecular flexibility index (Phi) is 5.69. The fourth-order valence-corrected chi connectivity index (χ4v) is 3.62. The quantitative estimate of drug-likeness (QED) is 0.645. The second-order valence-corrected chi connectivity index (χ2v) is 7.34. The molecule has 5 heteroatoms. The van der Waals surface area contributed by atoms with Crippen LogP contribution in [0.2, 0.25) is 0 Å². The molecule has 136 valence electrons. The summed E-state index contributed by atoms with van der Waals surface area (Å²) in [5, 5.41) is 12.6. The molecule has 0 aliphatic carbocycles. The van der Waals surface area contributed by atoms with Crippen molar-refractivity contribution in [1.82, 2.24) is 0 Å². The van der Waals surface area contributed by atoms with Crippen LogP contribution in [0.1, 0.15) is 11.1 Å². The number of fused-ring (bicyclic) bond motifs is 1. The van der Waals surface area contributed by atoms with E-state index < -0.39 is 0 Å². The second-order valence-electron chi connectivity index (χ2n) is 6.43. The molecule has 2 N–H and O–H groups in total. The van der Waals surface area contributed by atoms with E-state index in [1.54, 1.807) is 20.3 Å². The lowest BCUT2D eigenvalue weighted by atomic mass is 10.0. The van der Waals surface area contributed by atoms with Crippen LogP contribution in [0.4, 0.5) is 0 Å². The maximum Gasteiger partial charge on any atom is 0.161 e. The first-order valence-electron chi connectivity index (χ1n) is 8.44. The number of methoxy groups -OCH3 is 2. The molecule has 3 rings (SSSR count). The number of phenolic OH excluding ortho intramolecular Hbond substituents is 1. The van der Waals surface area contributed by atoms with E-state index in [4.69, 9.17) is 9.47 Å². The Morgan fingerprint density at radius 2 is 1.69 bits per heavy atom. The molecule has 0 fully saturated rings. The maximum atomic E-state index is 10.4. The van der Waals surface area contributed by atoms with Gasteiger partial charge < -0.3 is 19.5 Å². The minimum Gasteiger partial charge on any atom is -0.507 e. The number of nitrogens with one attached hydrogen (secondary N) is 1. The molecule has 0 aliphatic rings. The van der Waals surface area contributed by atoms with Gasteiger partial charge in [0.05, 0.1) is 26.8 Å². The highest BCUT2D eigenvalue weighted by Gasteiger charge is 2.14. The van der Waals surface area contributed by atoms with E-state index in [-0.39, 0.29) is 0 Å². The Morgan fingerprint density at radius 1 is 0.923 bits per heavy atom. The number of aromatic hydroxyl groups is 1. The summed E-state index contributed by atoms with van der Waals surface area (Å²) >= 11 is 3.51. The van der Waals surface area contributed by atoms with Gasteiger partial charge in [0.15, 0.2) is 11.5 Å². The highest BCUT2D eigenvalue weighted by molar-refractivity contribution is 9.10. The van der Waals surface area contributed by atoms with Crippen LogP contribution in [0.25, 0.3) is 10.8 Å². The van der Waals surface area contributed by atoms with Crippen molar-refractivity contribution in [3.63, 3.8) is 0 Å². The highest BCUT2D eigenvalue weighted by Crippen LogP contribution is 2.29. The average Bonchev–Trinajstić information content (AvgIpc) is 2.64. The van der Waals surface area contributed by atoms with Gasteiger partial charge in [-0.1, -0.05) is 28.1 Å². The molecule has 0 spiro atoms. The fourth-order valence-electron chi connectivity index (χ4n) is 3.24. The van der Waals surface area contributed by atoms with Crippen molar-refractivity contribution in [3.8, 4) is 17.2 Å². The molecule has 3 aromatic rings. The van der Waals surface area contributed by atoms with Gasteiger partial charge in [-0.3, -0.25) is 0 Å². The van der Waals surface area contributed by atoms with E-state index in [0.29, 0.717) is 5.75 Å². The number of benzene rings is 3. The molecule has 1 atom stereocenters. The van der Waals surface area contributed by atoms with Gasteiger partial charge in [0.25, 0.3) is 0 Å². The second kappa shape index (κ2) is 7.98. The first-order valence-corrected chi connectivity index (χ1v) is 9.23. The summed E-state index contributed by atoms with van der Waals surface area (Å²) < 4.78 is 11.7. The Morgan fingerprint density at radius 3 is 2.42 bits per heavy atom. The topological polar surface area (TPSA) is 43.1 Å². The summed E-state index contributed by atoms with van der Waals surface area (Å²) in [6, 6.07) is 15.8. The van der Waals surface area contributed by atoms with Crippen LogP contribution in [0.3, 0.4) is 0 Å². The standard InChI is InChI=1S/C21H22BrNO3/c1-23(12-14-4-9-20(25-2)21(10-14)26-3)13-18-17-7-6-16(22)11-15(17)5-8-19(18)24/h4-11,24H,12-13H2,1-3H3/p+1. The van der Waals surface area contributed by atoms with Crippen LogP contribution in [0, 0.1) is 0 Å². The summed E-state index contributed by atoms with van der Waals surface area (Å²) in [6.07, 6.45) is 0. The molecule has 0 bridgehead atoms. The Labute approximate surface area is 162 Å². The van der Waals surface area contributed by atoms with Gasteiger partial charge in [-0.05, 0) is 47.2 Å². The first kappa shape index (κ1) is 18.5. The monoisotopic (exact) mass is 416 g/mol. The molecular formula is C21H23BrNO3+. The lowest BCUT2D eigenvalue weighted by molar-refractivity contribution is -0.907. The molecule has 0 saturated carbocycles. The Hall–Kier alpha value is -2.24. The fraction of sp³-hybridized carbons (Fsp3) is 0.238. The number of quaternary nitrogens is 1. The number of hydrogen-bond donors (Lipinski definition) is 2. The highest BCUT2D eigenvalue weighted by atomic mass is 79.9. The van der Waals surface area contributed by atoms with Gasteiger partial charge in [0.1, 0.15) is 18.8 Å². The molecule has 0 amide bonds. The van der Waals surface area contributed by atoms with Gasteiger partial charge >= 0.3 is 0 Å². The maximum absolute atomic E-state index is 10.4. The smallest absolute Gasteiger partial charge is 0.161 e. The number of rotatable bonds is 6. The Balaban J connectivity index is 1.83. The molecule has 0 aromatic heterocycles. The third kappa shape index (κ3) is 3.94. The summed E-state index contributed by atoms with van der Waals surface area (Å²) in [5.74, 6) is 1.80. The van der Waals surface area contributed by atoms with Crippen LogP contribution in [0.15, 0.2) is 53.0 Å². The molecule has 0 radical (unpaired) electrons. The van der Waals surface area contributed by atoms with Crippen LogP contribution in [-0.2, 0) is 13.1 Å². The van der Waals surface area contributed by atoms with Gasteiger partial charge in [-0.2, -0.15) is 0 Å². The van der Waals surface area contributed by atoms with Crippen LogP contribution >= 0.6 is 15.9 Å². The predicted molar refractivity (Wildman–Crippen MR) is 107 cm³/mol. The molecule has 0 heterocycles. The molecule has 0 saturated heterocycles. The molecule has 4 nitrogen and oxygen atoms in total. The van der Waals surface area contributed by atoms with E-state index in [1.165, 1.54) is 4.90 Å². The normalized spacial score (nSPS) is 12.2. The van der Waals surface area contributed by atoms with Crippen molar-refractivity contribution >= 4 is 26.7 Å². The van der Waals surface area contributed by atoms with E-state index in [9.17, 15) is 5.11 Å². The van der Waals surface area contributed by atoms with Crippen LogP contribution in [-0.4, -0.2) is 26.4 Å². The molecule has 3 aromatic carbocycles. The average molecular weight is 417 g/mol. The van der Waals surface area contributed by atoms with Crippen LogP contribution in [0.5, 0.6) is 17.2 Å². The summed E-state index contributed by atoms with van der Waals surface area (Å²) in [5.41, 5.74) is 2.12. The number of hydrogen-bond acceptors (Lipinski definition) is 3. The van der Waals surface area contributed by atoms with E-state index >= 15 is 0 Å². The number of ether oxygens (including phenoxy) is 2. The largest absolute Gasteiger partial charge is 0.507 e. The summed E-state index contributed by atoms with van der Waals surface area (Å²) in [7, 11) is 5.40. The third-order valence-corrected chi connectivity index (χ3v) is 4.99.